The zero-order chi connectivity index (χ0) is 21.2. The molecule has 2 aromatic carbocycles. The Morgan fingerprint density at radius 2 is 1.80 bits per heavy atom. The van der Waals surface area contributed by atoms with Crippen LogP contribution in [0.15, 0.2) is 48.5 Å². The van der Waals surface area contributed by atoms with E-state index in [1.165, 1.54) is 17.5 Å². The summed E-state index contributed by atoms with van der Waals surface area (Å²) in [5.41, 5.74) is 4.41. The molecular formula is C24H31N3OS2. The number of thioether (sulfide) groups is 1. The van der Waals surface area contributed by atoms with Gasteiger partial charge in [0.05, 0.1) is 0 Å². The largest absolute Gasteiger partial charge is 0.362 e. The predicted octanol–water partition coefficient (Wildman–Crippen LogP) is 5.23. The number of anilines is 1. The van der Waals surface area contributed by atoms with Gasteiger partial charge in [0.15, 0.2) is 5.11 Å². The maximum absolute atomic E-state index is 12.5. The Morgan fingerprint density at radius 1 is 1.07 bits per heavy atom. The molecule has 30 heavy (non-hydrogen) atoms. The fourth-order valence-corrected chi connectivity index (χ4v) is 4.74. The van der Waals surface area contributed by atoms with Gasteiger partial charge in [-0.15, -0.1) is 0 Å². The number of piperidine rings is 1. The molecule has 6 heteroatoms. The Bertz CT molecular complexity index is 833. The number of nitrogens with zero attached hydrogens (tertiary/aromatic N) is 1. The summed E-state index contributed by atoms with van der Waals surface area (Å²) < 4.78 is 0. The van der Waals surface area contributed by atoms with Crippen molar-refractivity contribution in [1.82, 2.24) is 10.2 Å². The number of carbonyl (C=O) groups excluding carboxylic acids is 1. The number of nitrogens with one attached hydrogen (secondary N) is 2. The van der Waals surface area contributed by atoms with Crippen LogP contribution in [-0.4, -0.2) is 41.3 Å². The van der Waals surface area contributed by atoms with Gasteiger partial charge in [-0.05, 0) is 86.0 Å². The first-order chi connectivity index (χ1) is 14.6. The van der Waals surface area contributed by atoms with E-state index < -0.39 is 0 Å². The predicted molar refractivity (Wildman–Crippen MR) is 132 cm³/mol. The van der Waals surface area contributed by atoms with E-state index in [0.717, 1.165) is 61.7 Å². The highest BCUT2D eigenvalue weighted by molar-refractivity contribution is 7.98. The molecule has 0 unspecified atom stereocenters. The van der Waals surface area contributed by atoms with Gasteiger partial charge in [-0.3, -0.25) is 4.79 Å². The van der Waals surface area contributed by atoms with Crippen LogP contribution in [0.3, 0.4) is 0 Å². The van der Waals surface area contributed by atoms with Crippen molar-refractivity contribution in [2.75, 3.05) is 30.7 Å². The maximum Gasteiger partial charge on any atom is 0.253 e. The number of hydrogen-bond donors (Lipinski definition) is 2. The average Bonchev–Trinajstić information content (AvgIpc) is 2.78. The third-order valence-electron chi connectivity index (χ3n) is 5.30. The first kappa shape index (κ1) is 22.6. The van der Waals surface area contributed by atoms with Gasteiger partial charge in [-0.25, -0.2) is 0 Å². The van der Waals surface area contributed by atoms with E-state index in [2.05, 4.69) is 41.8 Å². The summed E-state index contributed by atoms with van der Waals surface area (Å²) in [5.74, 6) is 2.28. The molecule has 2 aromatic rings. The lowest BCUT2D eigenvalue weighted by Gasteiger charge is -2.26. The highest BCUT2D eigenvalue weighted by Crippen LogP contribution is 2.17. The second-order valence-electron chi connectivity index (χ2n) is 7.64. The molecule has 3 rings (SSSR count). The number of likely N-dealkylation sites (tertiary alicyclic amines) is 1. The second-order valence-corrected chi connectivity index (χ2v) is 9.16. The van der Waals surface area contributed by atoms with E-state index in [-0.39, 0.29) is 5.91 Å². The second kappa shape index (κ2) is 12.0. The summed E-state index contributed by atoms with van der Waals surface area (Å²) in [6, 6.07) is 16.1. The Balaban J connectivity index is 1.32. The van der Waals surface area contributed by atoms with Crippen LogP contribution in [0.4, 0.5) is 5.69 Å². The van der Waals surface area contributed by atoms with Gasteiger partial charge >= 0.3 is 0 Å². The maximum atomic E-state index is 12.5. The minimum Gasteiger partial charge on any atom is -0.362 e. The van der Waals surface area contributed by atoms with Crippen LogP contribution in [0.5, 0.6) is 0 Å². The molecule has 1 aliphatic heterocycles. The summed E-state index contributed by atoms with van der Waals surface area (Å²) in [6.45, 7) is 4.75. The van der Waals surface area contributed by atoms with Crippen molar-refractivity contribution in [2.45, 2.75) is 38.4 Å². The molecule has 0 spiro atoms. The molecule has 0 atom stereocenters. The molecule has 1 amide bonds. The molecule has 1 fully saturated rings. The lowest BCUT2D eigenvalue weighted by atomic mass is 10.1. The van der Waals surface area contributed by atoms with E-state index in [1.54, 1.807) is 0 Å². The SMILES string of the molecule is Cc1ccccc1CSCCCNC(=S)Nc1ccc(C(=O)N2CCCCC2)cc1. The Morgan fingerprint density at radius 3 is 2.53 bits per heavy atom. The summed E-state index contributed by atoms with van der Waals surface area (Å²) in [4.78, 5) is 14.5. The molecule has 1 saturated heterocycles. The Kier molecular flexibility index (Phi) is 9.02. The molecular weight excluding hydrogens is 410 g/mol. The van der Waals surface area contributed by atoms with Crippen LogP contribution >= 0.6 is 24.0 Å². The van der Waals surface area contributed by atoms with Crippen molar-refractivity contribution in [1.29, 1.82) is 0 Å². The van der Waals surface area contributed by atoms with Crippen molar-refractivity contribution in [3.8, 4) is 0 Å². The highest BCUT2D eigenvalue weighted by Gasteiger charge is 2.17. The zero-order valence-corrected chi connectivity index (χ0v) is 19.3. The number of thiocarbonyl (C=S) groups is 1. The smallest absolute Gasteiger partial charge is 0.253 e. The summed E-state index contributed by atoms with van der Waals surface area (Å²) in [7, 11) is 0. The third-order valence-corrected chi connectivity index (χ3v) is 6.64. The van der Waals surface area contributed by atoms with Crippen LogP contribution in [0.25, 0.3) is 0 Å². The van der Waals surface area contributed by atoms with Crippen LogP contribution in [-0.2, 0) is 5.75 Å². The Hall–Kier alpha value is -2.05. The van der Waals surface area contributed by atoms with Crippen molar-refractivity contribution in [3.05, 3.63) is 65.2 Å². The fourth-order valence-electron chi connectivity index (χ4n) is 3.48. The molecule has 1 heterocycles. The Labute approximate surface area is 189 Å². The van der Waals surface area contributed by atoms with Gasteiger partial charge in [0.1, 0.15) is 0 Å². The van der Waals surface area contributed by atoms with E-state index in [0.29, 0.717) is 5.11 Å². The zero-order valence-electron chi connectivity index (χ0n) is 17.7. The van der Waals surface area contributed by atoms with E-state index >= 15 is 0 Å². The first-order valence-electron chi connectivity index (χ1n) is 10.7. The van der Waals surface area contributed by atoms with Gasteiger partial charge < -0.3 is 15.5 Å². The quantitative estimate of drug-likeness (QED) is 0.434. The van der Waals surface area contributed by atoms with Gasteiger partial charge in [0.2, 0.25) is 0 Å². The molecule has 0 radical (unpaired) electrons. The molecule has 2 N–H and O–H groups in total. The highest BCUT2D eigenvalue weighted by atomic mass is 32.2. The monoisotopic (exact) mass is 441 g/mol. The normalized spacial score (nSPS) is 13.7. The number of amides is 1. The molecule has 0 aromatic heterocycles. The topological polar surface area (TPSA) is 44.4 Å². The minimum atomic E-state index is 0.130. The van der Waals surface area contributed by atoms with Gasteiger partial charge in [0, 0.05) is 36.6 Å². The van der Waals surface area contributed by atoms with E-state index in [9.17, 15) is 4.79 Å². The number of carbonyl (C=O) groups is 1. The lowest BCUT2D eigenvalue weighted by molar-refractivity contribution is 0.0724. The van der Waals surface area contributed by atoms with Crippen molar-refractivity contribution in [3.63, 3.8) is 0 Å². The first-order valence-corrected chi connectivity index (χ1v) is 12.3. The van der Waals surface area contributed by atoms with Crippen LogP contribution in [0, 0.1) is 6.92 Å². The molecule has 4 nitrogen and oxygen atoms in total. The third kappa shape index (κ3) is 7.03. The lowest BCUT2D eigenvalue weighted by Crippen LogP contribution is -2.35. The standard InChI is InChI=1S/C24H31N3OS2/c1-19-8-3-4-9-21(19)18-30-17-7-14-25-24(29)26-22-12-10-20(11-13-22)23(28)27-15-5-2-6-16-27/h3-4,8-13H,2,5-7,14-18H2,1H3,(H2,25,26,29). The molecule has 0 aliphatic carbocycles. The van der Waals surface area contributed by atoms with Gasteiger partial charge in [-0.1, -0.05) is 24.3 Å². The molecule has 160 valence electrons. The number of benzene rings is 2. The fraction of sp³-hybridized carbons (Fsp3) is 0.417. The number of rotatable bonds is 8. The van der Waals surface area contributed by atoms with Gasteiger partial charge in [-0.2, -0.15) is 11.8 Å². The minimum absolute atomic E-state index is 0.130. The summed E-state index contributed by atoms with van der Waals surface area (Å²) >= 11 is 7.34. The summed E-state index contributed by atoms with van der Waals surface area (Å²) in [5, 5.41) is 7.08. The average molecular weight is 442 g/mol. The van der Waals surface area contributed by atoms with Crippen LogP contribution in [0.2, 0.25) is 0 Å². The van der Waals surface area contributed by atoms with E-state index in [1.807, 2.05) is 40.9 Å². The number of aryl methyl sites for hydroxylation is 1. The van der Waals surface area contributed by atoms with Crippen LogP contribution in [0.1, 0.15) is 47.2 Å². The molecule has 0 saturated carbocycles. The van der Waals surface area contributed by atoms with Crippen molar-refractivity contribution < 1.29 is 4.79 Å². The van der Waals surface area contributed by atoms with Crippen LogP contribution < -0.4 is 10.6 Å². The van der Waals surface area contributed by atoms with E-state index in [4.69, 9.17) is 12.2 Å². The number of hydrogen-bond acceptors (Lipinski definition) is 3. The van der Waals surface area contributed by atoms with Gasteiger partial charge in [0.25, 0.3) is 5.91 Å². The summed E-state index contributed by atoms with van der Waals surface area (Å²) in [6.07, 6.45) is 4.50. The molecule has 1 aliphatic rings. The van der Waals surface area contributed by atoms with Crippen molar-refractivity contribution >= 4 is 40.7 Å². The van der Waals surface area contributed by atoms with Crippen molar-refractivity contribution in [2.24, 2.45) is 0 Å². The molecule has 0 bridgehead atoms.